The van der Waals surface area contributed by atoms with Crippen LogP contribution in [-0.4, -0.2) is 36.0 Å². The molecule has 112 valence electrons. The molecule has 0 saturated carbocycles. The van der Waals surface area contributed by atoms with Gasteiger partial charge in [0, 0.05) is 12.6 Å². The monoisotopic (exact) mass is 347 g/mol. The molecule has 5 nitrogen and oxygen atoms in total. The van der Waals surface area contributed by atoms with Gasteiger partial charge in [-0.15, -0.1) is 0 Å². The van der Waals surface area contributed by atoms with Crippen LogP contribution in [0.5, 0.6) is 0 Å². The highest BCUT2D eigenvalue weighted by Crippen LogP contribution is 2.30. The number of nitrogens with zero attached hydrogens (tertiary/aromatic N) is 2. The molecule has 0 aliphatic carbocycles. The van der Waals surface area contributed by atoms with Gasteiger partial charge in [0.15, 0.2) is 0 Å². The van der Waals surface area contributed by atoms with Crippen LogP contribution in [0.3, 0.4) is 0 Å². The summed E-state index contributed by atoms with van der Waals surface area (Å²) in [4.78, 5) is 12.5. The first-order valence-electron chi connectivity index (χ1n) is 6.40. The molecule has 0 aliphatic heterocycles. The zero-order valence-electron chi connectivity index (χ0n) is 11.8. The maximum atomic E-state index is 13.3. The Hall–Kier alpha value is -1.21. The molecule has 1 aromatic carbocycles. The molecule has 7 heteroatoms. The average Bonchev–Trinajstić information content (AvgIpc) is 2.37. The number of rotatable bonds is 7. The highest BCUT2D eigenvalue weighted by molar-refractivity contribution is 9.10. The van der Waals surface area contributed by atoms with Crippen molar-refractivity contribution in [1.82, 2.24) is 4.90 Å². The minimum absolute atomic E-state index is 0.213. The van der Waals surface area contributed by atoms with Gasteiger partial charge in [0.1, 0.15) is 11.5 Å². The fourth-order valence-electron chi connectivity index (χ4n) is 1.64. The molecule has 0 aliphatic rings. The summed E-state index contributed by atoms with van der Waals surface area (Å²) >= 11 is 3.03. The van der Waals surface area contributed by atoms with Crippen LogP contribution in [0.15, 0.2) is 16.6 Å². The summed E-state index contributed by atoms with van der Waals surface area (Å²) in [7, 11) is 2.03. The van der Waals surface area contributed by atoms with E-state index in [1.807, 2.05) is 7.05 Å². The van der Waals surface area contributed by atoms with Crippen molar-refractivity contribution in [2.45, 2.75) is 26.3 Å². The number of benzene rings is 1. The Morgan fingerprint density at radius 3 is 2.70 bits per heavy atom. The van der Waals surface area contributed by atoms with Gasteiger partial charge in [0.05, 0.1) is 15.5 Å². The van der Waals surface area contributed by atoms with Crippen LogP contribution in [0, 0.1) is 15.9 Å². The molecule has 0 radical (unpaired) electrons. The SMILES string of the molecule is CC(C)N(C)CCCNc1cc(Br)c(F)cc1[N+](=O)[O-]. The Bertz CT molecular complexity index is 483. The first-order valence-corrected chi connectivity index (χ1v) is 7.19. The zero-order chi connectivity index (χ0) is 15.3. The summed E-state index contributed by atoms with van der Waals surface area (Å²) in [6, 6.07) is 2.79. The normalized spacial score (nSPS) is 11.2. The van der Waals surface area contributed by atoms with Crippen molar-refractivity contribution < 1.29 is 9.31 Å². The molecular weight excluding hydrogens is 329 g/mol. The van der Waals surface area contributed by atoms with Crippen molar-refractivity contribution in [2.24, 2.45) is 0 Å². The van der Waals surface area contributed by atoms with Gasteiger partial charge in [-0.2, -0.15) is 0 Å². The molecule has 1 aromatic rings. The summed E-state index contributed by atoms with van der Waals surface area (Å²) < 4.78 is 13.5. The molecule has 0 bridgehead atoms. The van der Waals surface area contributed by atoms with Gasteiger partial charge >= 0.3 is 0 Å². The fourth-order valence-corrected chi connectivity index (χ4v) is 1.98. The largest absolute Gasteiger partial charge is 0.379 e. The maximum Gasteiger partial charge on any atom is 0.295 e. The topological polar surface area (TPSA) is 58.4 Å². The number of hydrogen-bond acceptors (Lipinski definition) is 4. The second-order valence-corrected chi connectivity index (χ2v) is 5.75. The summed E-state index contributed by atoms with van der Waals surface area (Å²) in [5.41, 5.74) is 0.0818. The van der Waals surface area contributed by atoms with E-state index < -0.39 is 10.7 Å². The molecule has 0 heterocycles. The van der Waals surface area contributed by atoms with Gasteiger partial charge in [0.25, 0.3) is 5.69 Å². The van der Waals surface area contributed by atoms with Crippen LogP contribution in [0.4, 0.5) is 15.8 Å². The summed E-state index contributed by atoms with van der Waals surface area (Å²) in [6.07, 6.45) is 0.848. The van der Waals surface area contributed by atoms with Gasteiger partial charge in [-0.1, -0.05) is 0 Å². The predicted octanol–water partition coefficient (Wildman–Crippen LogP) is 3.64. The lowest BCUT2D eigenvalue weighted by Crippen LogP contribution is -2.28. The Balaban J connectivity index is 2.63. The number of halogens is 2. The minimum atomic E-state index is -0.637. The molecular formula is C13H19BrFN3O2. The van der Waals surface area contributed by atoms with Crippen LogP contribution in [-0.2, 0) is 0 Å². The van der Waals surface area contributed by atoms with Crippen LogP contribution >= 0.6 is 15.9 Å². The number of hydrogen-bond donors (Lipinski definition) is 1. The minimum Gasteiger partial charge on any atom is -0.379 e. The summed E-state index contributed by atoms with van der Waals surface area (Å²) in [5.74, 6) is -0.637. The Morgan fingerprint density at radius 1 is 1.50 bits per heavy atom. The van der Waals surface area contributed by atoms with Crippen molar-refractivity contribution in [3.8, 4) is 0 Å². The third-order valence-electron chi connectivity index (χ3n) is 3.12. The van der Waals surface area contributed by atoms with Gasteiger partial charge in [-0.05, 0) is 55.9 Å². The lowest BCUT2D eigenvalue weighted by molar-refractivity contribution is -0.384. The fraction of sp³-hybridized carbons (Fsp3) is 0.538. The molecule has 0 amide bonds. The van der Waals surface area contributed by atoms with Crippen molar-refractivity contribution in [3.63, 3.8) is 0 Å². The van der Waals surface area contributed by atoms with E-state index in [2.05, 4.69) is 40.0 Å². The van der Waals surface area contributed by atoms with E-state index in [4.69, 9.17) is 0 Å². The van der Waals surface area contributed by atoms with Crippen LogP contribution in [0.1, 0.15) is 20.3 Å². The van der Waals surface area contributed by atoms with Crippen LogP contribution in [0.2, 0.25) is 0 Å². The molecule has 20 heavy (non-hydrogen) atoms. The van der Waals surface area contributed by atoms with E-state index in [1.165, 1.54) is 6.07 Å². The highest BCUT2D eigenvalue weighted by Gasteiger charge is 2.17. The van der Waals surface area contributed by atoms with E-state index in [1.54, 1.807) is 0 Å². The van der Waals surface area contributed by atoms with E-state index in [9.17, 15) is 14.5 Å². The molecule has 0 fully saturated rings. The first-order chi connectivity index (χ1) is 9.32. The molecule has 1 rings (SSSR count). The predicted molar refractivity (Wildman–Crippen MR) is 81.6 cm³/mol. The van der Waals surface area contributed by atoms with Gasteiger partial charge in [0.2, 0.25) is 0 Å². The van der Waals surface area contributed by atoms with Crippen molar-refractivity contribution in [3.05, 3.63) is 32.5 Å². The van der Waals surface area contributed by atoms with E-state index >= 15 is 0 Å². The van der Waals surface area contributed by atoms with Crippen molar-refractivity contribution >= 4 is 27.3 Å². The van der Waals surface area contributed by atoms with Gasteiger partial charge in [-0.25, -0.2) is 4.39 Å². The number of anilines is 1. The smallest absolute Gasteiger partial charge is 0.295 e. The second kappa shape index (κ2) is 7.54. The molecule has 0 unspecified atom stereocenters. The number of nitro benzene ring substituents is 1. The molecule has 0 saturated heterocycles. The Labute approximate surface area is 126 Å². The van der Waals surface area contributed by atoms with E-state index in [-0.39, 0.29) is 10.2 Å². The second-order valence-electron chi connectivity index (χ2n) is 4.90. The van der Waals surface area contributed by atoms with Crippen molar-refractivity contribution in [2.75, 3.05) is 25.5 Å². The third kappa shape index (κ3) is 4.72. The third-order valence-corrected chi connectivity index (χ3v) is 3.73. The lowest BCUT2D eigenvalue weighted by Gasteiger charge is -2.20. The molecule has 0 spiro atoms. The van der Waals surface area contributed by atoms with E-state index in [0.29, 0.717) is 18.3 Å². The quantitative estimate of drug-likeness (QED) is 0.464. The molecule has 1 N–H and O–H groups in total. The zero-order valence-corrected chi connectivity index (χ0v) is 13.4. The van der Waals surface area contributed by atoms with Crippen LogP contribution < -0.4 is 5.32 Å². The number of nitro groups is 1. The van der Waals surface area contributed by atoms with Gasteiger partial charge < -0.3 is 10.2 Å². The summed E-state index contributed by atoms with van der Waals surface area (Å²) in [6.45, 7) is 5.70. The molecule has 0 aromatic heterocycles. The Kier molecular flexibility index (Phi) is 6.35. The van der Waals surface area contributed by atoms with E-state index in [0.717, 1.165) is 19.0 Å². The molecule has 0 atom stereocenters. The maximum absolute atomic E-state index is 13.3. The number of nitrogens with one attached hydrogen (secondary N) is 1. The van der Waals surface area contributed by atoms with Crippen LogP contribution in [0.25, 0.3) is 0 Å². The van der Waals surface area contributed by atoms with Crippen molar-refractivity contribution in [1.29, 1.82) is 0 Å². The summed E-state index contributed by atoms with van der Waals surface area (Å²) in [5, 5.41) is 13.9. The lowest BCUT2D eigenvalue weighted by atomic mass is 10.2. The standard InChI is InChI=1S/C13H19BrFN3O2/c1-9(2)17(3)6-4-5-16-12-7-10(14)11(15)8-13(12)18(19)20/h7-9,16H,4-6H2,1-3H3. The highest BCUT2D eigenvalue weighted by atomic mass is 79.9. The van der Waals surface area contributed by atoms with Gasteiger partial charge in [-0.3, -0.25) is 10.1 Å². The first kappa shape index (κ1) is 16.8. The average molecular weight is 348 g/mol. The Morgan fingerprint density at radius 2 is 2.15 bits per heavy atom.